The highest BCUT2D eigenvalue weighted by molar-refractivity contribution is 6.33. The first-order valence-corrected chi connectivity index (χ1v) is 6.61. The van der Waals surface area contributed by atoms with Gasteiger partial charge in [-0.1, -0.05) is 11.6 Å². The molecule has 3 amide bonds. The molecule has 1 aliphatic rings. The minimum atomic E-state index is -1.12. The average Bonchev–Trinajstić information content (AvgIpc) is 2.73. The van der Waals surface area contributed by atoms with Crippen LogP contribution in [0.2, 0.25) is 5.02 Å². The van der Waals surface area contributed by atoms with Crippen LogP contribution in [0.5, 0.6) is 0 Å². The summed E-state index contributed by atoms with van der Waals surface area (Å²) in [4.78, 5) is 36.0. The number of carboxylic acid groups (broad SMARTS) is 1. The molecule has 1 aromatic carbocycles. The Kier molecular flexibility index (Phi) is 4.32. The second-order valence-electron chi connectivity index (χ2n) is 4.70. The number of nitrogens with one attached hydrogen (secondary N) is 2. The highest BCUT2D eigenvalue weighted by atomic mass is 35.5. The van der Waals surface area contributed by atoms with Crippen LogP contribution >= 0.6 is 11.6 Å². The third-order valence-corrected chi connectivity index (χ3v) is 3.52. The zero-order chi connectivity index (χ0) is 15.6. The minimum Gasteiger partial charge on any atom is -0.478 e. The Morgan fingerprint density at radius 3 is 2.71 bits per heavy atom. The van der Waals surface area contributed by atoms with Crippen LogP contribution in [0.15, 0.2) is 18.2 Å². The molecule has 1 saturated heterocycles. The molecule has 0 bridgehead atoms. The second kappa shape index (κ2) is 6.01. The first-order valence-electron chi connectivity index (χ1n) is 6.24. The van der Waals surface area contributed by atoms with Crippen LogP contribution in [0.1, 0.15) is 16.8 Å². The number of likely N-dealkylation sites (N-methyl/N-ethyl adjacent to an activating group) is 1. The maximum atomic E-state index is 11.9. The summed E-state index contributed by atoms with van der Waals surface area (Å²) in [6.07, 6.45) is 0.533. The first-order chi connectivity index (χ1) is 9.88. The molecule has 1 unspecified atom stereocenters. The fraction of sp³-hybridized carbons (Fsp3) is 0.308. The summed E-state index contributed by atoms with van der Waals surface area (Å²) in [5, 5.41) is 14.1. The molecule has 1 atom stereocenters. The van der Waals surface area contributed by atoms with Gasteiger partial charge < -0.3 is 20.6 Å². The number of carboxylic acids is 1. The number of urea groups is 1. The number of likely N-dealkylation sites (tertiary alicyclic amines) is 1. The molecule has 1 fully saturated rings. The van der Waals surface area contributed by atoms with E-state index in [9.17, 15) is 14.4 Å². The number of carbonyl (C=O) groups excluding carboxylic acids is 2. The van der Waals surface area contributed by atoms with Crippen LogP contribution in [-0.2, 0) is 4.79 Å². The highest BCUT2D eigenvalue weighted by Gasteiger charge is 2.30. The smallest absolute Gasteiger partial charge is 0.335 e. The van der Waals surface area contributed by atoms with Crippen LogP contribution in [-0.4, -0.2) is 47.5 Å². The van der Waals surface area contributed by atoms with Crippen molar-refractivity contribution in [1.82, 2.24) is 10.2 Å². The molecule has 0 saturated carbocycles. The zero-order valence-corrected chi connectivity index (χ0v) is 12.0. The van der Waals surface area contributed by atoms with Crippen LogP contribution < -0.4 is 10.6 Å². The van der Waals surface area contributed by atoms with Crippen molar-refractivity contribution in [2.75, 3.05) is 18.9 Å². The number of nitrogens with zero attached hydrogens (tertiary/aromatic N) is 1. The number of amides is 3. The number of halogens is 1. The number of aromatic carboxylic acids is 1. The predicted octanol–water partition coefficient (Wildman–Crippen LogP) is 1.39. The van der Waals surface area contributed by atoms with Gasteiger partial charge in [-0.2, -0.15) is 0 Å². The van der Waals surface area contributed by atoms with Gasteiger partial charge in [-0.05, 0) is 24.6 Å². The lowest BCUT2D eigenvalue weighted by atomic mass is 10.2. The summed E-state index contributed by atoms with van der Waals surface area (Å²) in [6, 6.07) is 2.80. The third-order valence-electron chi connectivity index (χ3n) is 3.19. The molecule has 0 aromatic heterocycles. The van der Waals surface area contributed by atoms with Crippen LogP contribution in [0.25, 0.3) is 0 Å². The number of benzene rings is 1. The van der Waals surface area contributed by atoms with Crippen molar-refractivity contribution in [3.63, 3.8) is 0 Å². The molecule has 7 nitrogen and oxygen atoms in total. The Bertz CT molecular complexity index is 605. The molecule has 0 radical (unpaired) electrons. The van der Waals surface area contributed by atoms with E-state index < -0.39 is 18.0 Å². The van der Waals surface area contributed by atoms with Gasteiger partial charge in [0.05, 0.1) is 16.3 Å². The van der Waals surface area contributed by atoms with Gasteiger partial charge >= 0.3 is 12.0 Å². The number of anilines is 1. The van der Waals surface area contributed by atoms with Crippen molar-refractivity contribution in [3.05, 3.63) is 28.8 Å². The summed E-state index contributed by atoms with van der Waals surface area (Å²) in [5.74, 6) is -1.28. The van der Waals surface area contributed by atoms with E-state index in [-0.39, 0.29) is 22.2 Å². The molecule has 8 heteroatoms. The molecular formula is C13H14ClN3O4. The number of rotatable bonds is 3. The molecule has 1 aromatic rings. The van der Waals surface area contributed by atoms with Crippen LogP contribution in [0.4, 0.5) is 10.5 Å². The van der Waals surface area contributed by atoms with Gasteiger partial charge in [0.2, 0.25) is 5.91 Å². The monoisotopic (exact) mass is 311 g/mol. The van der Waals surface area contributed by atoms with Gasteiger partial charge in [-0.25, -0.2) is 9.59 Å². The van der Waals surface area contributed by atoms with Crippen molar-refractivity contribution in [1.29, 1.82) is 0 Å². The Hall–Kier alpha value is -2.28. The van der Waals surface area contributed by atoms with Gasteiger partial charge in [-0.3, -0.25) is 4.79 Å². The van der Waals surface area contributed by atoms with Crippen molar-refractivity contribution < 1.29 is 19.5 Å². The highest BCUT2D eigenvalue weighted by Crippen LogP contribution is 2.23. The summed E-state index contributed by atoms with van der Waals surface area (Å²) in [7, 11) is 1.66. The maximum Gasteiger partial charge on any atom is 0.335 e. The SMILES string of the molecule is CN1CCC(NC(=O)Nc2cc(C(=O)O)ccc2Cl)C1=O. The molecule has 1 heterocycles. The van der Waals surface area contributed by atoms with E-state index in [1.807, 2.05) is 0 Å². The zero-order valence-electron chi connectivity index (χ0n) is 11.2. The number of carbonyl (C=O) groups is 3. The molecular weight excluding hydrogens is 298 g/mol. The topological polar surface area (TPSA) is 98.7 Å². The maximum absolute atomic E-state index is 11.9. The quantitative estimate of drug-likeness (QED) is 0.785. The first kappa shape index (κ1) is 15.1. The molecule has 112 valence electrons. The van der Waals surface area contributed by atoms with E-state index in [1.54, 1.807) is 7.05 Å². The fourth-order valence-corrected chi connectivity index (χ4v) is 2.19. The molecule has 0 aliphatic carbocycles. The van der Waals surface area contributed by atoms with Crippen LogP contribution in [0.3, 0.4) is 0 Å². The standard InChI is InChI=1S/C13H14ClN3O4/c1-17-5-4-9(11(17)18)15-13(21)16-10-6-7(12(19)20)2-3-8(10)14/h2-3,6,9H,4-5H2,1H3,(H,19,20)(H2,15,16,21). The average molecular weight is 312 g/mol. The lowest BCUT2D eigenvalue weighted by Crippen LogP contribution is -2.42. The third kappa shape index (κ3) is 3.43. The van der Waals surface area contributed by atoms with Crippen molar-refractivity contribution in [2.45, 2.75) is 12.5 Å². The van der Waals surface area contributed by atoms with E-state index in [2.05, 4.69) is 10.6 Å². The molecule has 1 aliphatic heterocycles. The van der Waals surface area contributed by atoms with Crippen LogP contribution in [0, 0.1) is 0 Å². The van der Waals surface area contributed by atoms with E-state index >= 15 is 0 Å². The minimum absolute atomic E-state index is 0.00590. The summed E-state index contributed by atoms with van der Waals surface area (Å²) >= 11 is 5.90. The van der Waals surface area contributed by atoms with E-state index in [4.69, 9.17) is 16.7 Å². The summed E-state index contributed by atoms with van der Waals surface area (Å²) < 4.78 is 0. The lowest BCUT2D eigenvalue weighted by Gasteiger charge is -2.14. The lowest BCUT2D eigenvalue weighted by molar-refractivity contribution is -0.128. The van der Waals surface area contributed by atoms with Crippen molar-refractivity contribution in [2.24, 2.45) is 0 Å². The van der Waals surface area contributed by atoms with Gasteiger partial charge in [0.25, 0.3) is 0 Å². The normalized spacial score (nSPS) is 17.7. The van der Waals surface area contributed by atoms with Crippen molar-refractivity contribution >= 4 is 35.2 Å². The number of hydrogen-bond donors (Lipinski definition) is 3. The Morgan fingerprint density at radius 2 is 2.14 bits per heavy atom. The predicted molar refractivity (Wildman–Crippen MR) is 76.6 cm³/mol. The van der Waals surface area contributed by atoms with E-state index in [0.29, 0.717) is 13.0 Å². The Morgan fingerprint density at radius 1 is 1.43 bits per heavy atom. The second-order valence-corrected chi connectivity index (χ2v) is 5.11. The number of hydrogen-bond acceptors (Lipinski definition) is 3. The van der Waals surface area contributed by atoms with E-state index in [0.717, 1.165) is 0 Å². The van der Waals surface area contributed by atoms with Crippen molar-refractivity contribution in [3.8, 4) is 0 Å². The van der Waals surface area contributed by atoms with Gasteiger partial charge in [0.1, 0.15) is 6.04 Å². The Labute approximate surface area is 125 Å². The Balaban J connectivity index is 2.04. The molecule has 21 heavy (non-hydrogen) atoms. The molecule has 3 N–H and O–H groups in total. The fourth-order valence-electron chi connectivity index (χ4n) is 2.03. The summed E-state index contributed by atoms with van der Waals surface area (Å²) in [6.45, 7) is 0.582. The van der Waals surface area contributed by atoms with Gasteiger partial charge in [0, 0.05) is 13.6 Å². The van der Waals surface area contributed by atoms with Gasteiger partial charge in [0.15, 0.2) is 0 Å². The molecule has 2 rings (SSSR count). The largest absolute Gasteiger partial charge is 0.478 e. The summed E-state index contributed by atoms with van der Waals surface area (Å²) in [5.41, 5.74) is 0.180. The molecule has 0 spiro atoms. The van der Waals surface area contributed by atoms with E-state index in [1.165, 1.54) is 23.1 Å². The van der Waals surface area contributed by atoms with Gasteiger partial charge in [-0.15, -0.1) is 0 Å².